The Balaban J connectivity index is 1.49. The highest BCUT2D eigenvalue weighted by molar-refractivity contribution is 5.97. The molecule has 148 valence electrons. The molecule has 0 spiro atoms. The van der Waals surface area contributed by atoms with E-state index in [1.165, 1.54) is 11.9 Å². The van der Waals surface area contributed by atoms with Crippen molar-refractivity contribution in [3.63, 3.8) is 0 Å². The maximum absolute atomic E-state index is 12.4. The van der Waals surface area contributed by atoms with Crippen molar-refractivity contribution in [3.05, 3.63) is 54.0 Å². The molecule has 1 aliphatic rings. The monoisotopic (exact) mass is 385 g/mol. The van der Waals surface area contributed by atoms with Gasteiger partial charge < -0.3 is 24.7 Å². The number of ether oxygens (including phenoxy) is 1. The highest BCUT2D eigenvalue weighted by atomic mass is 16.5. The fourth-order valence-electron chi connectivity index (χ4n) is 2.53. The molecule has 28 heavy (non-hydrogen) atoms. The van der Waals surface area contributed by atoms with Gasteiger partial charge in [-0.05, 0) is 37.1 Å². The summed E-state index contributed by atoms with van der Waals surface area (Å²) in [6.07, 6.45) is 3.53. The number of nitrogens with one attached hydrogen (secondary N) is 2. The molecule has 0 bridgehead atoms. The molecule has 0 atom stereocenters. The van der Waals surface area contributed by atoms with E-state index in [0.717, 1.165) is 18.6 Å². The number of hydrogen-bond donors (Lipinski definition) is 2. The van der Waals surface area contributed by atoms with Crippen molar-refractivity contribution in [2.45, 2.75) is 25.4 Å². The molecule has 0 radical (unpaired) electrons. The maximum Gasteiger partial charge on any atom is 0.340 e. The molecule has 2 N–H and O–H groups in total. The van der Waals surface area contributed by atoms with E-state index in [2.05, 4.69) is 10.6 Å². The second-order valence-electron chi connectivity index (χ2n) is 6.65. The first-order valence-electron chi connectivity index (χ1n) is 9.08. The number of anilines is 1. The molecule has 2 aromatic rings. The number of carbonyl (C=O) groups is 3. The molecular formula is C20H23N3O5. The van der Waals surface area contributed by atoms with Crippen LogP contribution in [0.3, 0.4) is 0 Å². The van der Waals surface area contributed by atoms with E-state index in [9.17, 15) is 14.4 Å². The van der Waals surface area contributed by atoms with Gasteiger partial charge in [0.05, 0.1) is 24.9 Å². The molecule has 1 fully saturated rings. The van der Waals surface area contributed by atoms with Crippen molar-refractivity contribution >= 4 is 23.5 Å². The summed E-state index contributed by atoms with van der Waals surface area (Å²) < 4.78 is 10.4. The van der Waals surface area contributed by atoms with E-state index in [1.54, 1.807) is 36.6 Å². The van der Waals surface area contributed by atoms with Crippen molar-refractivity contribution in [1.82, 2.24) is 10.2 Å². The Kier molecular flexibility index (Phi) is 6.31. The van der Waals surface area contributed by atoms with Gasteiger partial charge in [-0.3, -0.25) is 9.59 Å². The fraction of sp³-hybridized carbons (Fsp3) is 0.350. The molecule has 1 saturated carbocycles. The van der Waals surface area contributed by atoms with E-state index >= 15 is 0 Å². The van der Waals surface area contributed by atoms with Gasteiger partial charge in [-0.15, -0.1) is 0 Å². The van der Waals surface area contributed by atoms with Crippen LogP contribution in [-0.4, -0.2) is 48.9 Å². The predicted molar refractivity (Wildman–Crippen MR) is 102 cm³/mol. The first-order chi connectivity index (χ1) is 13.5. The zero-order chi connectivity index (χ0) is 19.9. The lowest BCUT2D eigenvalue weighted by molar-refractivity contribution is -0.137. The summed E-state index contributed by atoms with van der Waals surface area (Å²) >= 11 is 0. The van der Waals surface area contributed by atoms with Crippen LogP contribution in [0.1, 0.15) is 29.0 Å². The number of para-hydroxylation sites is 1. The van der Waals surface area contributed by atoms with E-state index in [4.69, 9.17) is 9.15 Å². The largest absolute Gasteiger partial charge is 0.467 e. The molecule has 0 saturated heterocycles. The standard InChI is InChI=1S/C20H23N3O5/c1-23(12-18(24)22-14-8-9-14)19(25)13-28-20(26)16-6-2-3-7-17(16)21-11-15-5-4-10-27-15/h2-7,10,14,21H,8-9,11-13H2,1H3,(H,22,24). The molecular weight excluding hydrogens is 362 g/mol. The quantitative estimate of drug-likeness (QED) is 0.638. The maximum atomic E-state index is 12.4. The third-order valence-electron chi connectivity index (χ3n) is 4.26. The average molecular weight is 385 g/mol. The van der Waals surface area contributed by atoms with Gasteiger partial charge in [0.1, 0.15) is 5.76 Å². The van der Waals surface area contributed by atoms with Gasteiger partial charge >= 0.3 is 5.97 Å². The highest BCUT2D eigenvalue weighted by Crippen LogP contribution is 2.19. The molecule has 1 aromatic carbocycles. The second kappa shape index (κ2) is 9.07. The number of likely N-dealkylation sites (N-methyl/N-ethyl adjacent to an activating group) is 1. The lowest BCUT2D eigenvalue weighted by Crippen LogP contribution is -2.40. The molecule has 0 aliphatic heterocycles. The number of esters is 1. The lowest BCUT2D eigenvalue weighted by Gasteiger charge is -2.17. The van der Waals surface area contributed by atoms with E-state index in [1.807, 2.05) is 6.07 Å². The van der Waals surface area contributed by atoms with E-state index < -0.39 is 18.5 Å². The molecule has 0 unspecified atom stereocenters. The number of amides is 2. The van der Waals surface area contributed by atoms with E-state index in [-0.39, 0.29) is 18.5 Å². The number of nitrogens with zero attached hydrogens (tertiary/aromatic N) is 1. The summed E-state index contributed by atoms with van der Waals surface area (Å²) in [5, 5.41) is 5.92. The summed E-state index contributed by atoms with van der Waals surface area (Å²) in [5.41, 5.74) is 0.893. The first-order valence-corrected chi connectivity index (χ1v) is 9.08. The van der Waals surface area contributed by atoms with Crippen LogP contribution in [0.2, 0.25) is 0 Å². The number of carbonyl (C=O) groups excluding carboxylic acids is 3. The average Bonchev–Trinajstić information content (AvgIpc) is 3.34. The van der Waals surface area contributed by atoms with Gasteiger partial charge in [0.25, 0.3) is 5.91 Å². The van der Waals surface area contributed by atoms with Gasteiger partial charge in [0.2, 0.25) is 5.91 Å². The van der Waals surface area contributed by atoms with Gasteiger partial charge in [-0.1, -0.05) is 12.1 Å². The Hall–Kier alpha value is -3.29. The lowest BCUT2D eigenvalue weighted by atomic mass is 10.2. The summed E-state index contributed by atoms with van der Waals surface area (Å²) in [5.74, 6) is -0.548. The predicted octanol–water partition coefficient (Wildman–Crippen LogP) is 1.79. The first kappa shape index (κ1) is 19.5. The van der Waals surface area contributed by atoms with Crippen molar-refractivity contribution in [1.29, 1.82) is 0 Å². The summed E-state index contributed by atoms with van der Waals surface area (Å²) in [7, 11) is 1.50. The Bertz CT molecular complexity index is 830. The van der Waals surface area contributed by atoms with Crippen molar-refractivity contribution in [2.24, 2.45) is 0 Å². The van der Waals surface area contributed by atoms with Crippen molar-refractivity contribution in [2.75, 3.05) is 25.5 Å². The minimum absolute atomic E-state index is 0.0613. The Morgan fingerprint density at radius 3 is 2.68 bits per heavy atom. The van der Waals surface area contributed by atoms with Gasteiger partial charge in [0, 0.05) is 18.8 Å². The summed E-state index contributed by atoms with van der Waals surface area (Å²) in [4.78, 5) is 37.5. The van der Waals surface area contributed by atoms with Crippen LogP contribution < -0.4 is 10.6 Å². The Labute approximate surface area is 162 Å². The van der Waals surface area contributed by atoms with Crippen LogP contribution in [0.25, 0.3) is 0 Å². The summed E-state index contributed by atoms with van der Waals surface area (Å²) in [6.45, 7) is -0.0815. The Morgan fingerprint density at radius 2 is 1.96 bits per heavy atom. The third-order valence-corrected chi connectivity index (χ3v) is 4.26. The molecule has 1 aromatic heterocycles. The zero-order valence-corrected chi connectivity index (χ0v) is 15.6. The van der Waals surface area contributed by atoms with Crippen LogP contribution in [0.5, 0.6) is 0 Å². The topological polar surface area (TPSA) is 101 Å². The zero-order valence-electron chi connectivity index (χ0n) is 15.6. The number of hydrogen-bond acceptors (Lipinski definition) is 6. The molecule has 8 heteroatoms. The van der Waals surface area contributed by atoms with Crippen LogP contribution in [0.15, 0.2) is 47.1 Å². The molecule has 3 rings (SSSR count). The van der Waals surface area contributed by atoms with E-state index in [0.29, 0.717) is 17.8 Å². The molecule has 1 aliphatic carbocycles. The fourth-order valence-corrected chi connectivity index (χ4v) is 2.53. The molecule has 8 nitrogen and oxygen atoms in total. The smallest absolute Gasteiger partial charge is 0.340 e. The van der Waals surface area contributed by atoms with Crippen molar-refractivity contribution in [3.8, 4) is 0 Å². The number of furan rings is 1. The molecule has 2 amide bonds. The number of rotatable bonds is 9. The Morgan fingerprint density at radius 1 is 1.18 bits per heavy atom. The second-order valence-corrected chi connectivity index (χ2v) is 6.65. The molecule has 1 heterocycles. The van der Waals surface area contributed by atoms with Crippen molar-refractivity contribution < 1.29 is 23.5 Å². The van der Waals surface area contributed by atoms with Gasteiger partial charge in [-0.25, -0.2) is 4.79 Å². The third kappa shape index (κ3) is 5.60. The minimum Gasteiger partial charge on any atom is -0.467 e. The SMILES string of the molecule is CN(CC(=O)NC1CC1)C(=O)COC(=O)c1ccccc1NCc1ccco1. The highest BCUT2D eigenvalue weighted by Gasteiger charge is 2.24. The normalized spacial score (nSPS) is 12.9. The van der Waals surface area contributed by atoms with Crippen LogP contribution in [0.4, 0.5) is 5.69 Å². The van der Waals surface area contributed by atoms with Crippen LogP contribution in [-0.2, 0) is 20.9 Å². The summed E-state index contributed by atoms with van der Waals surface area (Å²) in [6, 6.07) is 10.7. The van der Waals surface area contributed by atoms with Gasteiger partial charge in [-0.2, -0.15) is 0 Å². The number of benzene rings is 1. The van der Waals surface area contributed by atoms with Crippen LogP contribution in [0, 0.1) is 0 Å². The van der Waals surface area contributed by atoms with Gasteiger partial charge in [0.15, 0.2) is 6.61 Å². The van der Waals surface area contributed by atoms with Crippen LogP contribution >= 0.6 is 0 Å². The minimum atomic E-state index is -0.619.